The monoisotopic (exact) mass is 540 g/mol. The summed E-state index contributed by atoms with van der Waals surface area (Å²) < 4.78 is 7.57. The van der Waals surface area contributed by atoms with Crippen LogP contribution in [0.25, 0.3) is 5.82 Å². The first-order valence-corrected chi connectivity index (χ1v) is 13.3. The normalized spacial score (nSPS) is 16.7. The van der Waals surface area contributed by atoms with Crippen LogP contribution < -0.4 is 15.4 Å². The van der Waals surface area contributed by atoms with Crippen molar-refractivity contribution in [1.29, 1.82) is 0 Å². The average Bonchev–Trinajstić information content (AvgIpc) is 3.42. The highest BCUT2D eigenvalue weighted by Gasteiger charge is 2.41. The van der Waals surface area contributed by atoms with E-state index in [4.69, 9.17) is 17.0 Å². The molecule has 1 saturated heterocycles. The first kappa shape index (κ1) is 26.4. The van der Waals surface area contributed by atoms with E-state index in [2.05, 4.69) is 63.0 Å². The number of rotatable bonds is 8. The molecule has 1 aliphatic heterocycles. The highest BCUT2D eigenvalue weighted by Crippen LogP contribution is 2.41. The van der Waals surface area contributed by atoms with Gasteiger partial charge in [0, 0.05) is 36.7 Å². The molecule has 0 spiro atoms. The van der Waals surface area contributed by atoms with Crippen molar-refractivity contribution in [3.8, 4) is 11.6 Å². The number of benzene rings is 1. The number of para-hydroxylation sites is 2. The predicted octanol–water partition coefficient (Wildman–Crippen LogP) is 5.20. The summed E-state index contributed by atoms with van der Waals surface area (Å²) in [5, 5.41) is 7.05. The molecule has 0 unspecified atom stereocenters. The number of methoxy groups -OCH3 is 1. The third-order valence-electron chi connectivity index (χ3n) is 7.14. The van der Waals surface area contributed by atoms with Gasteiger partial charge in [-0.1, -0.05) is 24.3 Å². The number of aryl methyl sites for hydroxylation is 2. The summed E-state index contributed by atoms with van der Waals surface area (Å²) >= 11 is 5.83. The lowest BCUT2D eigenvalue weighted by Crippen LogP contribution is -2.33. The van der Waals surface area contributed by atoms with Crippen LogP contribution in [0.15, 0.2) is 73.1 Å². The van der Waals surface area contributed by atoms with Crippen LogP contribution in [0.5, 0.6) is 5.75 Å². The van der Waals surface area contributed by atoms with Crippen molar-refractivity contribution in [3.05, 3.63) is 101 Å². The number of nitrogens with zero attached hydrogens (tertiary/aromatic N) is 4. The first-order valence-electron chi connectivity index (χ1n) is 12.9. The van der Waals surface area contributed by atoms with Crippen LogP contribution in [-0.4, -0.2) is 44.1 Å². The Kier molecular flexibility index (Phi) is 7.60. The van der Waals surface area contributed by atoms with Gasteiger partial charge in [-0.15, -0.1) is 0 Å². The van der Waals surface area contributed by atoms with Crippen LogP contribution in [0, 0.1) is 20.8 Å². The Balaban J connectivity index is 1.47. The predicted molar refractivity (Wildman–Crippen MR) is 156 cm³/mol. The molecule has 2 N–H and O–H groups in total. The number of hydrogen-bond donors (Lipinski definition) is 2. The minimum atomic E-state index is -0.172. The van der Waals surface area contributed by atoms with E-state index in [0.29, 0.717) is 23.1 Å². The number of anilines is 1. The molecule has 1 amide bonds. The van der Waals surface area contributed by atoms with Crippen molar-refractivity contribution in [3.63, 3.8) is 0 Å². The van der Waals surface area contributed by atoms with E-state index in [9.17, 15) is 4.79 Å². The molecule has 0 radical (unpaired) electrons. The third kappa shape index (κ3) is 5.22. The maximum absolute atomic E-state index is 13.0. The van der Waals surface area contributed by atoms with Gasteiger partial charge in [0.1, 0.15) is 11.6 Å². The Hall–Kier alpha value is -4.24. The molecule has 9 heteroatoms. The number of aromatic nitrogens is 3. The molecule has 1 aromatic carbocycles. The van der Waals surface area contributed by atoms with Gasteiger partial charge in [-0.2, -0.15) is 0 Å². The Morgan fingerprint density at radius 2 is 1.82 bits per heavy atom. The fourth-order valence-electron chi connectivity index (χ4n) is 5.29. The molecule has 0 aliphatic carbocycles. The molecule has 0 saturated carbocycles. The molecule has 1 fully saturated rings. The molecular formula is C30H32N6O2S. The number of ether oxygens (including phenoxy) is 1. The molecule has 3 aromatic heterocycles. The van der Waals surface area contributed by atoms with Crippen molar-refractivity contribution in [2.24, 2.45) is 0 Å². The van der Waals surface area contributed by atoms with E-state index in [1.165, 1.54) is 0 Å². The van der Waals surface area contributed by atoms with Gasteiger partial charge >= 0.3 is 0 Å². The molecule has 0 bridgehead atoms. The van der Waals surface area contributed by atoms with Crippen molar-refractivity contribution in [2.75, 3.05) is 19.0 Å². The average molecular weight is 541 g/mol. The lowest BCUT2D eigenvalue weighted by Gasteiger charge is -2.28. The van der Waals surface area contributed by atoms with Crippen LogP contribution in [0.4, 0.5) is 5.69 Å². The standard InChI is InChI=1S/C30H32N6O2S/c1-19-10-9-16-32-29(19)36-20(2)18-22(21(36)3)28-27(24-12-7-8-15-31-24)34-30(39)35(28)17-14-26(37)33-23-11-5-6-13-25(23)38-4/h5-13,15-16,18,27-28H,14,17H2,1-4H3,(H,33,37)(H,34,39)/t27-,28+/m1/s1. The second kappa shape index (κ2) is 11.2. The van der Waals surface area contributed by atoms with Crippen molar-refractivity contribution < 1.29 is 9.53 Å². The van der Waals surface area contributed by atoms with Crippen LogP contribution in [0.2, 0.25) is 0 Å². The van der Waals surface area contributed by atoms with Gasteiger partial charge in [-0.05, 0) is 80.5 Å². The maximum Gasteiger partial charge on any atom is 0.226 e. The fourth-order valence-corrected chi connectivity index (χ4v) is 5.62. The van der Waals surface area contributed by atoms with E-state index in [-0.39, 0.29) is 24.4 Å². The molecule has 8 nitrogen and oxygen atoms in total. The van der Waals surface area contributed by atoms with E-state index >= 15 is 0 Å². The second-order valence-electron chi connectivity index (χ2n) is 9.62. The Morgan fingerprint density at radius 3 is 2.56 bits per heavy atom. The number of amides is 1. The first-order chi connectivity index (χ1) is 18.9. The SMILES string of the molecule is COc1ccccc1NC(=O)CCN1C(=S)N[C@H](c2ccccn2)[C@@H]1c1cc(C)n(-c2ncccc2C)c1C. The van der Waals surface area contributed by atoms with Crippen LogP contribution in [0.1, 0.15) is 46.7 Å². The summed E-state index contributed by atoms with van der Waals surface area (Å²) in [4.78, 5) is 24.4. The highest BCUT2D eigenvalue weighted by atomic mass is 32.1. The Labute approximate surface area is 234 Å². The molecule has 2 atom stereocenters. The topological polar surface area (TPSA) is 84.3 Å². The third-order valence-corrected chi connectivity index (χ3v) is 7.49. The highest BCUT2D eigenvalue weighted by molar-refractivity contribution is 7.80. The molecule has 200 valence electrons. The van der Waals surface area contributed by atoms with Gasteiger partial charge in [0.15, 0.2) is 5.11 Å². The minimum absolute atomic E-state index is 0.114. The van der Waals surface area contributed by atoms with Gasteiger partial charge in [0.2, 0.25) is 5.91 Å². The second-order valence-corrected chi connectivity index (χ2v) is 10.0. The van der Waals surface area contributed by atoms with E-state index in [1.807, 2.05) is 54.7 Å². The number of pyridine rings is 2. The number of carbonyl (C=O) groups excluding carboxylic acids is 1. The summed E-state index contributed by atoms with van der Waals surface area (Å²) in [5.41, 5.74) is 5.91. The lowest BCUT2D eigenvalue weighted by molar-refractivity contribution is -0.116. The zero-order chi connectivity index (χ0) is 27.5. The zero-order valence-electron chi connectivity index (χ0n) is 22.5. The molecule has 1 aliphatic rings. The van der Waals surface area contributed by atoms with Gasteiger partial charge in [0.25, 0.3) is 0 Å². The summed E-state index contributed by atoms with van der Waals surface area (Å²) in [6.07, 6.45) is 3.86. The summed E-state index contributed by atoms with van der Waals surface area (Å²) in [6.45, 7) is 6.70. The quantitative estimate of drug-likeness (QED) is 0.297. The van der Waals surface area contributed by atoms with Gasteiger partial charge in [-0.3, -0.25) is 9.78 Å². The maximum atomic E-state index is 13.0. The summed E-state index contributed by atoms with van der Waals surface area (Å²) in [5.74, 6) is 1.41. The Morgan fingerprint density at radius 1 is 1.05 bits per heavy atom. The van der Waals surface area contributed by atoms with E-state index in [0.717, 1.165) is 34.0 Å². The summed E-state index contributed by atoms with van der Waals surface area (Å²) in [6, 6.07) is 19.2. The molecule has 4 aromatic rings. The number of carbonyl (C=O) groups is 1. The van der Waals surface area contributed by atoms with Crippen LogP contribution >= 0.6 is 12.2 Å². The van der Waals surface area contributed by atoms with Gasteiger partial charge in [0.05, 0.1) is 30.6 Å². The fraction of sp³-hybridized carbons (Fsp3) is 0.267. The van der Waals surface area contributed by atoms with Gasteiger partial charge < -0.3 is 24.8 Å². The van der Waals surface area contributed by atoms with Crippen molar-refractivity contribution in [1.82, 2.24) is 24.8 Å². The molecule has 4 heterocycles. The molecule has 5 rings (SSSR count). The van der Waals surface area contributed by atoms with E-state index in [1.54, 1.807) is 13.3 Å². The zero-order valence-corrected chi connectivity index (χ0v) is 23.3. The number of hydrogen-bond acceptors (Lipinski definition) is 5. The van der Waals surface area contributed by atoms with Crippen LogP contribution in [-0.2, 0) is 4.79 Å². The largest absolute Gasteiger partial charge is 0.495 e. The van der Waals surface area contributed by atoms with E-state index < -0.39 is 0 Å². The number of nitrogens with one attached hydrogen (secondary N) is 2. The lowest BCUT2D eigenvalue weighted by atomic mass is 9.96. The van der Waals surface area contributed by atoms with Crippen molar-refractivity contribution >= 4 is 28.9 Å². The Bertz CT molecular complexity index is 1500. The molecule has 39 heavy (non-hydrogen) atoms. The van der Waals surface area contributed by atoms with Crippen LogP contribution in [0.3, 0.4) is 0 Å². The number of thiocarbonyl (C=S) groups is 1. The minimum Gasteiger partial charge on any atom is -0.495 e. The van der Waals surface area contributed by atoms with Crippen molar-refractivity contribution in [2.45, 2.75) is 39.3 Å². The molecular weight excluding hydrogens is 508 g/mol. The van der Waals surface area contributed by atoms with Gasteiger partial charge in [-0.25, -0.2) is 4.98 Å². The smallest absolute Gasteiger partial charge is 0.226 e. The summed E-state index contributed by atoms with van der Waals surface area (Å²) in [7, 11) is 1.59.